The third kappa shape index (κ3) is 3.47. The maximum Gasteiger partial charge on any atom is 1.00 e. The van der Waals surface area contributed by atoms with Crippen molar-refractivity contribution >= 4 is 22.7 Å². The molecular formula is C6H6N4Na2O8. The third-order valence-corrected chi connectivity index (χ3v) is 1.96. The number of rotatable bonds is 3. The Kier molecular flexibility index (Phi) is 7.99. The Morgan fingerprint density at radius 2 is 1.05 bits per heavy atom. The normalized spacial score (nSPS) is 9.00. The molecule has 0 aliphatic rings. The molecule has 0 aromatic heterocycles. The Labute approximate surface area is 156 Å². The van der Waals surface area contributed by atoms with Crippen molar-refractivity contribution in [1.29, 1.82) is 0 Å². The van der Waals surface area contributed by atoms with Gasteiger partial charge in [0.05, 0.1) is 14.8 Å². The molecule has 0 saturated heterocycles. The fraction of sp³-hybridized carbons (Fsp3) is 0. The second-order valence-corrected chi connectivity index (χ2v) is 2.93. The number of phenolic OH excluding ortho intramolecular Hbond substituents is 2. The van der Waals surface area contributed by atoms with Crippen molar-refractivity contribution in [2.24, 2.45) is 0 Å². The van der Waals surface area contributed by atoms with Crippen LogP contribution in [0.3, 0.4) is 0 Å². The van der Waals surface area contributed by atoms with Crippen LogP contribution in [0.5, 0.6) is 11.5 Å². The summed E-state index contributed by atoms with van der Waals surface area (Å²) in [5, 5.41) is 50.1. The molecule has 0 amide bonds. The monoisotopic (exact) mass is 308 g/mol. The summed E-state index contributed by atoms with van der Waals surface area (Å²) >= 11 is 0. The van der Waals surface area contributed by atoms with Gasteiger partial charge in [0.15, 0.2) is 5.69 Å². The number of phenols is 2. The number of hydrogen-bond acceptors (Lipinski definition) is 9. The van der Waals surface area contributed by atoms with Crippen LogP contribution in [0.4, 0.5) is 22.7 Å². The molecule has 12 nitrogen and oxygen atoms in total. The van der Waals surface area contributed by atoms with E-state index in [4.69, 9.17) is 5.73 Å². The second kappa shape index (κ2) is 7.56. The summed E-state index contributed by atoms with van der Waals surface area (Å²) in [6, 6.07) is 0. The van der Waals surface area contributed by atoms with E-state index in [1.54, 1.807) is 0 Å². The fourth-order valence-electron chi connectivity index (χ4n) is 1.25. The summed E-state index contributed by atoms with van der Waals surface area (Å²) in [6.45, 7) is 0. The van der Waals surface area contributed by atoms with E-state index in [1.165, 1.54) is 0 Å². The van der Waals surface area contributed by atoms with Crippen LogP contribution in [-0.2, 0) is 0 Å². The van der Waals surface area contributed by atoms with Crippen LogP contribution in [0.25, 0.3) is 0 Å². The van der Waals surface area contributed by atoms with Crippen molar-refractivity contribution in [1.82, 2.24) is 0 Å². The van der Waals surface area contributed by atoms with E-state index in [9.17, 15) is 40.6 Å². The predicted octanol–water partition coefficient (Wildman–Crippen LogP) is -5.36. The van der Waals surface area contributed by atoms with Crippen molar-refractivity contribution in [3.8, 4) is 11.5 Å². The minimum atomic E-state index is -1.55. The summed E-state index contributed by atoms with van der Waals surface area (Å²) in [5.74, 6) is -3.10. The molecule has 0 saturated carbocycles. The Balaban J connectivity index is -0.000000405. The number of nitrogen functional groups attached to an aromatic ring is 1. The summed E-state index contributed by atoms with van der Waals surface area (Å²) in [6.07, 6.45) is 0. The largest absolute Gasteiger partial charge is 1.00 e. The van der Waals surface area contributed by atoms with Gasteiger partial charge < -0.3 is 18.8 Å². The van der Waals surface area contributed by atoms with Gasteiger partial charge in [0.1, 0.15) is 0 Å². The number of nitro benzene ring substituents is 3. The molecule has 1 aromatic rings. The molecule has 0 radical (unpaired) electrons. The van der Waals surface area contributed by atoms with Gasteiger partial charge in [-0.1, -0.05) is 0 Å². The molecule has 0 aliphatic heterocycles. The second-order valence-electron chi connectivity index (χ2n) is 2.93. The number of nitrogens with zero attached hydrogens (tertiary/aromatic N) is 3. The smallest absolute Gasteiger partial charge is 1.00 e. The number of aromatic hydroxyl groups is 2. The van der Waals surface area contributed by atoms with Gasteiger partial charge in [0, 0.05) is 0 Å². The standard InChI is InChI=1S/C6H4N4O8.2Na.2H/c7-1-2(8(13)14)5(11)4(10(17)18)6(12)3(1)9(15)16;;;;/h11-12H,7H2;;;;/q;2*+1;2*-1. The van der Waals surface area contributed by atoms with Crippen LogP contribution < -0.4 is 64.8 Å². The number of hydrogen-bond donors (Lipinski definition) is 3. The van der Waals surface area contributed by atoms with Crippen molar-refractivity contribution in [2.75, 3.05) is 5.73 Å². The quantitative estimate of drug-likeness (QED) is 0.211. The van der Waals surface area contributed by atoms with Crippen LogP contribution in [0.15, 0.2) is 0 Å². The first-order valence-electron chi connectivity index (χ1n) is 4.00. The number of benzene rings is 1. The van der Waals surface area contributed by atoms with E-state index in [0.29, 0.717) is 0 Å². The molecule has 14 heteroatoms. The molecule has 20 heavy (non-hydrogen) atoms. The van der Waals surface area contributed by atoms with Crippen LogP contribution in [0.1, 0.15) is 2.85 Å². The van der Waals surface area contributed by atoms with E-state index in [-0.39, 0.29) is 62.0 Å². The minimum Gasteiger partial charge on any atom is -1.00 e. The van der Waals surface area contributed by atoms with E-state index in [1.807, 2.05) is 0 Å². The topological polar surface area (TPSA) is 196 Å². The maximum atomic E-state index is 10.5. The molecule has 1 aromatic carbocycles. The molecule has 100 valence electrons. The third-order valence-electron chi connectivity index (χ3n) is 1.96. The van der Waals surface area contributed by atoms with Gasteiger partial charge in [-0.3, -0.25) is 30.3 Å². The number of nitrogens with two attached hydrogens (primary N) is 1. The van der Waals surface area contributed by atoms with Gasteiger partial charge in [-0.25, -0.2) is 0 Å². The van der Waals surface area contributed by atoms with Crippen molar-refractivity contribution in [3.63, 3.8) is 0 Å². The van der Waals surface area contributed by atoms with E-state index in [0.717, 1.165) is 0 Å². The van der Waals surface area contributed by atoms with Crippen molar-refractivity contribution in [2.45, 2.75) is 0 Å². The van der Waals surface area contributed by atoms with Crippen LogP contribution in [0.2, 0.25) is 0 Å². The van der Waals surface area contributed by atoms with Crippen molar-refractivity contribution < 1.29 is 87.0 Å². The number of nitro groups is 3. The summed E-state index contributed by atoms with van der Waals surface area (Å²) in [5.41, 5.74) is -0.520. The van der Waals surface area contributed by atoms with Gasteiger partial charge in [-0.2, -0.15) is 0 Å². The SMILES string of the molecule is Nc1c([N+](=O)[O-])c(O)c([N+](=O)[O-])c(O)c1[N+](=O)[O-].[H-].[H-].[Na+].[Na+]. The van der Waals surface area contributed by atoms with E-state index < -0.39 is 49.0 Å². The zero-order valence-corrected chi connectivity index (χ0v) is 14.3. The summed E-state index contributed by atoms with van der Waals surface area (Å²) in [7, 11) is 0. The maximum absolute atomic E-state index is 10.5. The van der Waals surface area contributed by atoms with Gasteiger partial charge >= 0.3 is 76.2 Å². The average Bonchev–Trinajstić information content (AvgIpc) is 2.14. The van der Waals surface area contributed by atoms with Gasteiger partial charge in [-0.15, -0.1) is 0 Å². The van der Waals surface area contributed by atoms with E-state index >= 15 is 0 Å². The molecular weight excluding hydrogens is 302 g/mol. The van der Waals surface area contributed by atoms with E-state index in [2.05, 4.69) is 0 Å². The first-order valence-corrected chi connectivity index (χ1v) is 4.00. The molecule has 0 aliphatic carbocycles. The zero-order chi connectivity index (χ0) is 14.2. The first-order chi connectivity index (χ1) is 8.20. The van der Waals surface area contributed by atoms with Crippen LogP contribution in [-0.4, -0.2) is 25.0 Å². The van der Waals surface area contributed by atoms with Crippen LogP contribution >= 0.6 is 0 Å². The molecule has 4 N–H and O–H groups in total. The molecule has 0 heterocycles. The molecule has 1 rings (SSSR count). The van der Waals surface area contributed by atoms with Gasteiger partial charge in [-0.05, 0) is 0 Å². The van der Waals surface area contributed by atoms with Crippen molar-refractivity contribution in [3.05, 3.63) is 30.3 Å². The van der Waals surface area contributed by atoms with Gasteiger partial charge in [0.25, 0.3) is 11.5 Å². The summed E-state index contributed by atoms with van der Waals surface area (Å²) < 4.78 is 0. The Morgan fingerprint density at radius 1 is 0.800 bits per heavy atom. The number of anilines is 1. The minimum absolute atomic E-state index is 0. The predicted molar refractivity (Wildman–Crippen MR) is 56.4 cm³/mol. The molecule has 0 atom stereocenters. The molecule has 0 fully saturated rings. The first kappa shape index (κ1) is 21.1. The molecule has 0 bridgehead atoms. The Bertz CT molecular complexity index is 498. The molecule has 0 unspecified atom stereocenters. The average molecular weight is 308 g/mol. The van der Waals surface area contributed by atoms with Crippen LogP contribution in [0, 0.1) is 30.3 Å². The summed E-state index contributed by atoms with van der Waals surface area (Å²) in [4.78, 5) is 27.5. The fourth-order valence-corrected chi connectivity index (χ4v) is 1.25. The zero-order valence-electron chi connectivity index (χ0n) is 12.3. The Hall–Kier alpha value is -1.18. The Morgan fingerprint density at radius 3 is 1.25 bits per heavy atom. The van der Waals surface area contributed by atoms with Gasteiger partial charge in [0.2, 0.25) is 0 Å². The molecule has 0 spiro atoms.